The summed E-state index contributed by atoms with van der Waals surface area (Å²) in [5, 5.41) is 2.71. The molecule has 1 aromatic heterocycles. The zero-order valence-electron chi connectivity index (χ0n) is 9.65. The number of hydrogen-bond donors (Lipinski definition) is 0. The van der Waals surface area contributed by atoms with E-state index in [1.54, 1.807) is 6.92 Å². The first-order chi connectivity index (χ1) is 7.00. The molecule has 0 aliphatic rings. The average molecular weight is 227 g/mol. The van der Waals surface area contributed by atoms with Crippen LogP contribution in [0.25, 0.3) is 0 Å². The predicted molar refractivity (Wildman–Crippen MR) is 63.9 cm³/mol. The maximum absolute atomic E-state index is 11.1. The molecule has 0 aliphatic heterocycles. The van der Waals surface area contributed by atoms with Gasteiger partial charge >= 0.3 is 0 Å². The molecule has 0 aliphatic carbocycles. The van der Waals surface area contributed by atoms with Gasteiger partial charge in [0.2, 0.25) is 0 Å². The highest BCUT2D eigenvalue weighted by atomic mass is 32.1. The fraction of sp³-hybridized carbons (Fsp3) is 0.600. The monoisotopic (exact) mass is 227 g/mol. The minimum absolute atomic E-state index is 0.0264. The highest BCUT2D eigenvalue weighted by Gasteiger charge is 2.09. The summed E-state index contributed by atoms with van der Waals surface area (Å²) in [7, 11) is 6.07. The minimum Gasteiger partial charge on any atom is -0.350 e. The number of Topliss-reactive ketones (excluding diaryl/α,β-unsaturated/α-hetero) is 1. The topological polar surface area (TPSA) is 36.4 Å². The number of thiazole rings is 1. The number of nitrogens with zero attached hydrogens (tertiary/aromatic N) is 3. The van der Waals surface area contributed by atoms with Crippen LogP contribution in [0.5, 0.6) is 0 Å². The third-order valence-electron chi connectivity index (χ3n) is 2.06. The molecule has 4 nitrogen and oxygen atoms in total. The van der Waals surface area contributed by atoms with E-state index in [9.17, 15) is 4.79 Å². The normalized spacial score (nSPS) is 10.7. The fourth-order valence-corrected chi connectivity index (χ4v) is 1.90. The standard InChI is InChI=1S/C10H17N3OS/c1-8(14)9-7-15-10(11-9)13(4)6-5-12(2)3/h7H,5-6H2,1-4H3. The molecule has 0 fully saturated rings. The van der Waals surface area contributed by atoms with Gasteiger partial charge < -0.3 is 9.80 Å². The van der Waals surface area contributed by atoms with Crippen LogP contribution in [0.2, 0.25) is 0 Å². The van der Waals surface area contributed by atoms with E-state index in [4.69, 9.17) is 0 Å². The van der Waals surface area contributed by atoms with E-state index in [1.165, 1.54) is 11.3 Å². The van der Waals surface area contributed by atoms with Crippen LogP contribution in [0.15, 0.2) is 5.38 Å². The highest BCUT2D eigenvalue weighted by Crippen LogP contribution is 2.19. The van der Waals surface area contributed by atoms with Crippen LogP contribution < -0.4 is 4.90 Å². The van der Waals surface area contributed by atoms with Gasteiger partial charge in [0.05, 0.1) is 0 Å². The Labute approximate surface area is 94.5 Å². The molecule has 0 N–H and O–H groups in total. The lowest BCUT2D eigenvalue weighted by atomic mass is 10.4. The van der Waals surface area contributed by atoms with Crippen molar-refractivity contribution >= 4 is 22.3 Å². The summed E-state index contributed by atoms with van der Waals surface area (Å²) in [5.74, 6) is 0.0264. The first-order valence-electron chi connectivity index (χ1n) is 4.83. The van der Waals surface area contributed by atoms with E-state index >= 15 is 0 Å². The number of anilines is 1. The third-order valence-corrected chi connectivity index (χ3v) is 3.02. The lowest BCUT2D eigenvalue weighted by Gasteiger charge is -2.18. The van der Waals surface area contributed by atoms with Crippen molar-refractivity contribution in [3.63, 3.8) is 0 Å². The van der Waals surface area contributed by atoms with Crippen LogP contribution in [0.1, 0.15) is 17.4 Å². The molecule has 0 saturated heterocycles. The van der Waals surface area contributed by atoms with E-state index in [0.717, 1.165) is 18.2 Å². The number of carbonyl (C=O) groups excluding carboxylic acids is 1. The molecule has 0 spiro atoms. The number of hydrogen-bond acceptors (Lipinski definition) is 5. The number of ketones is 1. The lowest BCUT2D eigenvalue weighted by Crippen LogP contribution is -2.28. The SMILES string of the molecule is CC(=O)c1csc(N(C)CCN(C)C)n1. The molecule has 84 valence electrons. The van der Waals surface area contributed by atoms with Gasteiger partial charge in [0.1, 0.15) is 5.69 Å². The number of aromatic nitrogens is 1. The maximum atomic E-state index is 11.1. The van der Waals surface area contributed by atoms with E-state index in [2.05, 4.69) is 14.8 Å². The van der Waals surface area contributed by atoms with Crippen LogP contribution in [-0.4, -0.2) is 49.9 Å². The molecular formula is C10H17N3OS. The molecule has 0 unspecified atom stereocenters. The van der Waals surface area contributed by atoms with E-state index in [-0.39, 0.29) is 5.78 Å². The number of rotatable bonds is 5. The Morgan fingerprint density at radius 1 is 1.40 bits per heavy atom. The average Bonchev–Trinajstić information content (AvgIpc) is 2.62. The summed E-state index contributed by atoms with van der Waals surface area (Å²) in [6.07, 6.45) is 0. The van der Waals surface area contributed by atoms with Gasteiger partial charge in [-0.25, -0.2) is 4.98 Å². The van der Waals surface area contributed by atoms with Gasteiger partial charge in [0, 0.05) is 32.4 Å². The first-order valence-corrected chi connectivity index (χ1v) is 5.71. The Morgan fingerprint density at radius 2 is 2.07 bits per heavy atom. The molecular weight excluding hydrogens is 210 g/mol. The van der Waals surface area contributed by atoms with Crippen molar-refractivity contribution in [2.24, 2.45) is 0 Å². The summed E-state index contributed by atoms with van der Waals surface area (Å²) in [6.45, 7) is 3.43. The van der Waals surface area contributed by atoms with Crippen molar-refractivity contribution in [3.8, 4) is 0 Å². The Morgan fingerprint density at radius 3 is 2.53 bits per heavy atom. The van der Waals surface area contributed by atoms with Gasteiger partial charge in [-0.05, 0) is 14.1 Å². The summed E-state index contributed by atoms with van der Waals surface area (Å²) in [5.41, 5.74) is 0.562. The van der Waals surface area contributed by atoms with Gasteiger partial charge in [-0.15, -0.1) is 11.3 Å². The fourth-order valence-electron chi connectivity index (χ4n) is 1.05. The van der Waals surface area contributed by atoms with Gasteiger partial charge in [-0.2, -0.15) is 0 Å². The Hall–Kier alpha value is -0.940. The zero-order valence-corrected chi connectivity index (χ0v) is 10.5. The Kier molecular flexibility index (Phi) is 4.23. The molecule has 0 atom stereocenters. The summed E-state index contributed by atoms with van der Waals surface area (Å²) in [6, 6.07) is 0. The van der Waals surface area contributed by atoms with Crippen LogP contribution in [0, 0.1) is 0 Å². The summed E-state index contributed by atoms with van der Waals surface area (Å²) < 4.78 is 0. The second kappa shape index (κ2) is 5.23. The molecule has 5 heteroatoms. The predicted octanol–water partition coefficient (Wildman–Crippen LogP) is 1.34. The minimum atomic E-state index is 0.0264. The van der Waals surface area contributed by atoms with Crippen LogP contribution >= 0.6 is 11.3 Å². The Bertz CT molecular complexity index is 335. The zero-order chi connectivity index (χ0) is 11.4. The second-order valence-corrected chi connectivity index (χ2v) is 4.63. The van der Waals surface area contributed by atoms with E-state index < -0.39 is 0 Å². The summed E-state index contributed by atoms with van der Waals surface area (Å²) >= 11 is 1.51. The molecule has 1 aromatic rings. The van der Waals surface area contributed by atoms with Crippen molar-refractivity contribution in [1.29, 1.82) is 0 Å². The lowest BCUT2D eigenvalue weighted by molar-refractivity contribution is 0.101. The smallest absolute Gasteiger partial charge is 0.185 e. The van der Waals surface area contributed by atoms with E-state index in [0.29, 0.717) is 5.69 Å². The molecule has 0 saturated carbocycles. The molecule has 0 radical (unpaired) electrons. The number of carbonyl (C=O) groups is 1. The van der Waals surface area contributed by atoms with Gasteiger partial charge in [-0.1, -0.05) is 0 Å². The molecule has 15 heavy (non-hydrogen) atoms. The molecule has 0 bridgehead atoms. The van der Waals surface area contributed by atoms with Crippen molar-refractivity contribution in [2.75, 3.05) is 39.1 Å². The second-order valence-electron chi connectivity index (χ2n) is 3.80. The third kappa shape index (κ3) is 3.60. The molecule has 0 amide bonds. The van der Waals surface area contributed by atoms with Crippen molar-refractivity contribution in [2.45, 2.75) is 6.92 Å². The Balaban J connectivity index is 2.58. The molecule has 0 aromatic carbocycles. The van der Waals surface area contributed by atoms with Gasteiger partial charge in [0.25, 0.3) is 0 Å². The quantitative estimate of drug-likeness (QED) is 0.711. The molecule has 1 rings (SSSR count). The van der Waals surface area contributed by atoms with Crippen molar-refractivity contribution in [1.82, 2.24) is 9.88 Å². The van der Waals surface area contributed by atoms with Crippen LogP contribution in [0.4, 0.5) is 5.13 Å². The number of likely N-dealkylation sites (N-methyl/N-ethyl adjacent to an activating group) is 2. The molecule has 1 heterocycles. The van der Waals surface area contributed by atoms with Crippen molar-refractivity contribution in [3.05, 3.63) is 11.1 Å². The highest BCUT2D eigenvalue weighted by molar-refractivity contribution is 7.13. The van der Waals surface area contributed by atoms with Gasteiger partial charge in [0.15, 0.2) is 10.9 Å². The largest absolute Gasteiger partial charge is 0.350 e. The summed E-state index contributed by atoms with van der Waals surface area (Å²) in [4.78, 5) is 19.5. The van der Waals surface area contributed by atoms with Crippen LogP contribution in [-0.2, 0) is 0 Å². The van der Waals surface area contributed by atoms with Crippen molar-refractivity contribution < 1.29 is 4.79 Å². The first kappa shape index (κ1) is 12.1. The van der Waals surface area contributed by atoms with Gasteiger partial charge in [-0.3, -0.25) is 4.79 Å². The van der Waals surface area contributed by atoms with Crippen LogP contribution in [0.3, 0.4) is 0 Å². The maximum Gasteiger partial charge on any atom is 0.185 e. The van der Waals surface area contributed by atoms with E-state index in [1.807, 2.05) is 26.5 Å².